The van der Waals surface area contributed by atoms with Crippen molar-refractivity contribution in [2.24, 2.45) is 0 Å². The number of aliphatic carboxylic acids is 1. The first-order valence-corrected chi connectivity index (χ1v) is 10.0. The topological polar surface area (TPSA) is 104 Å². The van der Waals surface area contributed by atoms with Crippen LogP contribution in [0.1, 0.15) is 42.9 Å². The van der Waals surface area contributed by atoms with Crippen molar-refractivity contribution in [2.45, 2.75) is 37.8 Å². The van der Waals surface area contributed by atoms with E-state index in [0.29, 0.717) is 19.4 Å². The molecule has 7 nitrogen and oxygen atoms in total. The molecule has 154 valence electrons. The average Bonchev–Trinajstić information content (AvgIpc) is 3.36. The van der Waals surface area contributed by atoms with Gasteiger partial charge in [-0.25, -0.2) is 4.79 Å². The van der Waals surface area contributed by atoms with Gasteiger partial charge in [-0.2, -0.15) is 0 Å². The summed E-state index contributed by atoms with van der Waals surface area (Å²) >= 11 is 0. The van der Waals surface area contributed by atoms with Crippen molar-refractivity contribution in [1.82, 2.24) is 10.2 Å². The average molecular weight is 406 g/mol. The molecular weight excluding hydrogens is 384 g/mol. The minimum Gasteiger partial charge on any atom is -0.475 e. The Morgan fingerprint density at radius 3 is 2.13 bits per heavy atom. The van der Waals surface area contributed by atoms with Gasteiger partial charge in [-0.15, -0.1) is 0 Å². The Bertz CT molecular complexity index is 986. The molecule has 1 saturated heterocycles. The number of amides is 2. The maximum Gasteiger partial charge on any atom is 0.374 e. The molecule has 1 aliphatic carbocycles. The predicted octanol–water partition coefficient (Wildman–Crippen LogP) is 2.30. The lowest BCUT2D eigenvalue weighted by molar-refractivity contribution is -0.152. The fraction of sp³-hybridized carbons (Fsp3) is 0.304. The van der Waals surface area contributed by atoms with E-state index in [4.69, 9.17) is 5.11 Å². The van der Waals surface area contributed by atoms with Crippen LogP contribution in [-0.2, 0) is 19.2 Å². The molecule has 1 heterocycles. The summed E-state index contributed by atoms with van der Waals surface area (Å²) < 4.78 is 0. The molecule has 1 atom stereocenters. The second-order valence-corrected chi connectivity index (χ2v) is 7.59. The first-order valence-electron chi connectivity index (χ1n) is 10.0. The van der Waals surface area contributed by atoms with Crippen molar-refractivity contribution in [3.63, 3.8) is 0 Å². The van der Waals surface area contributed by atoms with Crippen molar-refractivity contribution in [2.75, 3.05) is 6.54 Å². The van der Waals surface area contributed by atoms with Gasteiger partial charge >= 0.3 is 5.97 Å². The van der Waals surface area contributed by atoms with Gasteiger partial charge in [0.15, 0.2) is 0 Å². The van der Waals surface area contributed by atoms with Crippen LogP contribution < -0.4 is 5.32 Å². The van der Waals surface area contributed by atoms with E-state index < -0.39 is 17.8 Å². The zero-order chi connectivity index (χ0) is 21.3. The van der Waals surface area contributed by atoms with Gasteiger partial charge < -0.3 is 15.3 Å². The molecule has 2 aromatic carbocycles. The van der Waals surface area contributed by atoms with Crippen LogP contribution in [0.4, 0.5) is 0 Å². The van der Waals surface area contributed by atoms with E-state index in [2.05, 4.69) is 5.32 Å². The summed E-state index contributed by atoms with van der Waals surface area (Å²) in [5, 5.41) is 11.9. The summed E-state index contributed by atoms with van der Waals surface area (Å²) in [6.45, 7) is 0.341. The molecule has 0 aromatic heterocycles. The van der Waals surface area contributed by atoms with Crippen LogP contribution in [0.15, 0.2) is 48.5 Å². The number of Topliss-reactive ketones (excluding diaryl/α,β-unsaturated/α-hetero) is 1. The van der Waals surface area contributed by atoms with Gasteiger partial charge in [0.2, 0.25) is 11.8 Å². The number of rotatable bonds is 6. The molecule has 30 heavy (non-hydrogen) atoms. The van der Waals surface area contributed by atoms with Gasteiger partial charge in [0.1, 0.15) is 6.04 Å². The number of ketones is 1. The molecule has 0 saturated carbocycles. The molecule has 0 spiro atoms. The van der Waals surface area contributed by atoms with Crippen LogP contribution in [-0.4, -0.2) is 46.2 Å². The Hall–Kier alpha value is -3.48. The maximum absolute atomic E-state index is 12.6. The zero-order valence-corrected chi connectivity index (χ0v) is 16.3. The van der Waals surface area contributed by atoms with E-state index in [1.165, 1.54) is 4.90 Å². The largest absolute Gasteiger partial charge is 0.475 e. The highest BCUT2D eigenvalue weighted by Gasteiger charge is 2.37. The Labute approximate surface area is 173 Å². The van der Waals surface area contributed by atoms with Gasteiger partial charge in [-0.05, 0) is 35.1 Å². The van der Waals surface area contributed by atoms with Crippen molar-refractivity contribution in [3.05, 3.63) is 59.7 Å². The highest BCUT2D eigenvalue weighted by Crippen LogP contribution is 2.43. The van der Waals surface area contributed by atoms with Crippen molar-refractivity contribution < 1.29 is 24.3 Å². The normalized spacial score (nSPS) is 17.3. The molecule has 0 bridgehead atoms. The monoisotopic (exact) mass is 406 g/mol. The summed E-state index contributed by atoms with van der Waals surface area (Å²) in [4.78, 5) is 49.2. The molecule has 2 aromatic rings. The first kappa shape index (κ1) is 19.8. The number of nitrogens with one attached hydrogen (secondary N) is 1. The van der Waals surface area contributed by atoms with Crippen LogP contribution in [0.5, 0.6) is 0 Å². The van der Waals surface area contributed by atoms with Gasteiger partial charge in [-0.1, -0.05) is 48.5 Å². The Kier molecular flexibility index (Phi) is 5.35. The number of carbonyl (C=O) groups excluding carboxylic acids is 3. The number of carbonyl (C=O) groups is 4. The SMILES string of the molecule is O=C(CCC(=O)N1CCCC1C(=O)C(=O)O)NC1c2ccccc2-c2ccccc21. The maximum atomic E-state index is 12.6. The number of likely N-dealkylation sites (tertiary alicyclic amines) is 1. The number of hydrogen-bond acceptors (Lipinski definition) is 4. The predicted molar refractivity (Wildman–Crippen MR) is 108 cm³/mol. The number of carboxylic acids is 1. The summed E-state index contributed by atoms with van der Waals surface area (Å²) in [6.07, 6.45) is 0.839. The standard InChI is InChI=1S/C23H22N2O5/c26-19(11-12-20(27)25-13-5-10-18(25)22(28)23(29)30)24-21-16-8-3-1-6-14(16)15-7-2-4-9-17(15)21/h1-4,6-9,18,21H,5,10-13H2,(H,24,26)(H,29,30). The fourth-order valence-corrected chi connectivity index (χ4v) is 4.39. The van der Waals surface area contributed by atoms with E-state index in [1.807, 2.05) is 48.5 Å². The third kappa shape index (κ3) is 3.58. The lowest BCUT2D eigenvalue weighted by atomic mass is 10.1. The summed E-state index contributed by atoms with van der Waals surface area (Å²) in [5.41, 5.74) is 4.21. The highest BCUT2D eigenvalue weighted by molar-refractivity contribution is 6.35. The minimum absolute atomic E-state index is 0.0237. The molecule has 1 fully saturated rings. The van der Waals surface area contributed by atoms with Crippen molar-refractivity contribution in [1.29, 1.82) is 0 Å². The summed E-state index contributed by atoms with van der Waals surface area (Å²) in [7, 11) is 0. The van der Waals surface area contributed by atoms with Crippen LogP contribution in [0.3, 0.4) is 0 Å². The Balaban J connectivity index is 1.40. The zero-order valence-electron chi connectivity index (χ0n) is 16.3. The molecule has 2 amide bonds. The molecular formula is C23H22N2O5. The van der Waals surface area contributed by atoms with Gasteiger partial charge in [0.05, 0.1) is 6.04 Å². The molecule has 7 heteroatoms. The summed E-state index contributed by atoms with van der Waals surface area (Å²) in [6, 6.07) is 14.6. The van der Waals surface area contributed by atoms with E-state index in [-0.39, 0.29) is 30.7 Å². The number of benzene rings is 2. The third-order valence-electron chi connectivity index (χ3n) is 5.79. The van der Waals surface area contributed by atoms with Crippen LogP contribution >= 0.6 is 0 Å². The first-order chi connectivity index (χ1) is 14.5. The molecule has 1 unspecified atom stereocenters. The van der Waals surface area contributed by atoms with Gasteiger partial charge in [0.25, 0.3) is 5.78 Å². The van der Waals surface area contributed by atoms with Crippen molar-refractivity contribution >= 4 is 23.6 Å². The smallest absolute Gasteiger partial charge is 0.374 e. The lowest BCUT2D eigenvalue weighted by Crippen LogP contribution is -2.43. The second kappa shape index (κ2) is 8.10. The Morgan fingerprint density at radius 2 is 1.53 bits per heavy atom. The minimum atomic E-state index is -1.53. The highest BCUT2D eigenvalue weighted by atomic mass is 16.4. The third-order valence-corrected chi connectivity index (χ3v) is 5.79. The van der Waals surface area contributed by atoms with Crippen LogP contribution in [0.25, 0.3) is 11.1 Å². The number of fused-ring (bicyclic) bond motifs is 3. The van der Waals surface area contributed by atoms with Crippen LogP contribution in [0.2, 0.25) is 0 Å². The van der Waals surface area contributed by atoms with E-state index >= 15 is 0 Å². The summed E-state index contributed by atoms with van der Waals surface area (Å²) in [5.74, 6) is -3.13. The number of carboxylic acid groups (broad SMARTS) is 1. The lowest BCUT2D eigenvalue weighted by Gasteiger charge is -2.22. The van der Waals surface area contributed by atoms with E-state index in [9.17, 15) is 19.2 Å². The van der Waals surface area contributed by atoms with Crippen LogP contribution in [0, 0.1) is 0 Å². The van der Waals surface area contributed by atoms with Gasteiger partial charge in [0, 0.05) is 19.4 Å². The second-order valence-electron chi connectivity index (χ2n) is 7.59. The number of hydrogen-bond donors (Lipinski definition) is 2. The molecule has 0 radical (unpaired) electrons. The van der Waals surface area contributed by atoms with E-state index in [0.717, 1.165) is 22.3 Å². The molecule has 1 aliphatic heterocycles. The molecule has 2 aliphatic rings. The van der Waals surface area contributed by atoms with Gasteiger partial charge in [-0.3, -0.25) is 14.4 Å². The quantitative estimate of drug-likeness (QED) is 0.717. The number of nitrogens with zero attached hydrogens (tertiary/aromatic N) is 1. The van der Waals surface area contributed by atoms with Crippen molar-refractivity contribution in [3.8, 4) is 11.1 Å². The molecule has 4 rings (SSSR count). The molecule has 2 N–H and O–H groups in total. The fourth-order valence-electron chi connectivity index (χ4n) is 4.39. The van der Waals surface area contributed by atoms with E-state index in [1.54, 1.807) is 0 Å². The Morgan fingerprint density at radius 1 is 0.933 bits per heavy atom.